The first-order chi connectivity index (χ1) is 7.31. The highest BCUT2D eigenvalue weighted by molar-refractivity contribution is 5.98. The van der Waals surface area contributed by atoms with Gasteiger partial charge in [0.1, 0.15) is 0 Å². The van der Waals surface area contributed by atoms with E-state index in [-0.39, 0.29) is 0 Å². The summed E-state index contributed by atoms with van der Waals surface area (Å²) in [5.74, 6) is 0.631. The zero-order chi connectivity index (χ0) is 10.7. The Morgan fingerprint density at radius 2 is 2.13 bits per heavy atom. The molecule has 0 atom stereocenters. The summed E-state index contributed by atoms with van der Waals surface area (Å²) in [6.45, 7) is 4.63. The van der Waals surface area contributed by atoms with Crippen molar-refractivity contribution in [3.8, 4) is 0 Å². The summed E-state index contributed by atoms with van der Waals surface area (Å²) in [7, 11) is 0. The minimum Gasteiger partial charge on any atom is -0.477 e. The first kappa shape index (κ1) is 9.77. The van der Waals surface area contributed by atoms with E-state index >= 15 is 0 Å². The van der Waals surface area contributed by atoms with E-state index in [1.165, 1.54) is 0 Å². The highest BCUT2D eigenvalue weighted by Gasteiger charge is 2.08. The molecular formula is C12H14N2O. The van der Waals surface area contributed by atoms with Crippen LogP contribution in [0, 0.1) is 0 Å². The minimum absolute atomic E-state index is 0.626. The lowest BCUT2D eigenvalue weighted by atomic mass is 10.1. The number of nitrogens with zero attached hydrogens (tertiary/aromatic N) is 1. The van der Waals surface area contributed by atoms with Crippen LogP contribution in [0.25, 0.3) is 5.57 Å². The number of ether oxygens (including phenoxy) is 1. The van der Waals surface area contributed by atoms with Crippen LogP contribution in [0.3, 0.4) is 0 Å². The van der Waals surface area contributed by atoms with Gasteiger partial charge < -0.3 is 4.74 Å². The molecule has 0 spiro atoms. The van der Waals surface area contributed by atoms with E-state index in [2.05, 4.69) is 23.5 Å². The first-order valence-corrected chi connectivity index (χ1v) is 5.05. The number of hydrazone groups is 1. The van der Waals surface area contributed by atoms with Crippen LogP contribution in [0.2, 0.25) is 0 Å². The second-order valence-corrected chi connectivity index (χ2v) is 3.37. The Hall–Kier alpha value is -1.77. The number of rotatable bonds is 1. The van der Waals surface area contributed by atoms with Crippen molar-refractivity contribution in [3.63, 3.8) is 0 Å². The lowest BCUT2D eigenvalue weighted by Gasteiger charge is -2.04. The number of fused-ring (bicyclic) bond motifs is 1. The number of para-hydroxylation sites is 1. The molecular weight excluding hydrogens is 188 g/mol. The maximum atomic E-state index is 5.38. The third-order valence-electron chi connectivity index (χ3n) is 2.27. The zero-order valence-corrected chi connectivity index (χ0v) is 8.95. The molecule has 0 saturated carbocycles. The lowest BCUT2D eigenvalue weighted by molar-refractivity contribution is 0.330. The third-order valence-corrected chi connectivity index (χ3v) is 2.27. The molecule has 1 aliphatic rings. The average Bonchev–Trinajstić information content (AvgIpc) is 2.40. The van der Waals surface area contributed by atoms with E-state index in [1.54, 1.807) is 0 Å². The lowest BCUT2D eigenvalue weighted by Crippen LogP contribution is -2.02. The number of hydrogen-bond acceptors (Lipinski definition) is 3. The molecule has 1 heterocycles. The molecule has 0 fully saturated rings. The fraction of sp³-hybridized carbons (Fsp3) is 0.250. The molecule has 1 aliphatic heterocycles. The Kier molecular flexibility index (Phi) is 2.72. The van der Waals surface area contributed by atoms with Gasteiger partial charge in [-0.05, 0) is 25.5 Å². The van der Waals surface area contributed by atoms with Crippen molar-refractivity contribution < 1.29 is 4.74 Å². The van der Waals surface area contributed by atoms with Gasteiger partial charge in [-0.3, -0.25) is 5.43 Å². The number of anilines is 1. The fourth-order valence-electron chi connectivity index (χ4n) is 1.56. The van der Waals surface area contributed by atoms with E-state index < -0.39 is 0 Å². The summed E-state index contributed by atoms with van der Waals surface area (Å²) in [5, 5.41) is 4.17. The standard InChI is InChI=1S/C12H14N2O/c1-3-15-12-8-9(2)10-6-4-5-7-11(10)13-14-12/h4-8,13H,3H2,1-2H3. The Morgan fingerprint density at radius 1 is 1.33 bits per heavy atom. The maximum absolute atomic E-state index is 5.38. The summed E-state index contributed by atoms with van der Waals surface area (Å²) in [6.07, 6.45) is 1.95. The number of benzene rings is 1. The van der Waals surface area contributed by atoms with Crippen LogP contribution in [0.5, 0.6) is 0 Å². The molecule has 0 bridgehead atoms. The van der Waals surface area contributed by atoms with Crippen molar-refractivity contribution in [3.05, 3.63) is 35.9 Å². The number of nitrogens with one attached hydrogen (secondary N) is 1. The van der Waals surface area contributed by atoms with E-state index in [0.717, 1.165) is 16.8 Å². The highest BCUT2D eigenvalue weighted by Crippen LogP contribution is 2.25. The van der Waals surface area contributed by atoms with Gasteiger partial charge in [-0.25, -0.2) is 0 Å². The van der Waals surface area contributed by atoms with E-state index in [0.29, 0.717) is 12.5 Å². The van der Waals surface area contributed by atoms with Gasteiger partial charge in [-0.1, -0.05) is 18.2 Å². The number of hydrogen-bond donors (Lipinski definition) is 1. The van der Waals surface area contributed by atoms with Gasteiger partial charge >= 0.3 is 0 Å². The van der Waals surface area contributed by atoms with Crippen LogP contribution in [0.1, 0.15) is 19.4 Å². The third kappa shape index (κ3) is 2.01. The molecule has 0 radical (unpaired) electrons. The van der Waals surface area contributed by atoms with Crippen molar-refractivity contribution in [1.82, 2.24) is 0 Å². The fourth-order valence-corrected chi connectivity index (χ4v) is 1.56. The number of allylic oxidation sites excluding steroid dienone is 1. The van der Waals surface area contributed by atoms with Crippen LogP contribution in [0.15, 0.2) is 35.4 Å². The molecule has 3 heteroatoms. The minimum atomic E-state index is 0.626. The first-order valence-electron chi connectivity index (χ1n) is 5.05. The van der Waals surface area contributed by atoms with Gasteiger partial charge in [-0.15, -0.1) is 5.10 Å². The van der Waals surface area contributed by atoms with Crippen molar-refractivity contribution >= 4 is 17.2 Å². The molecule has 78 valence electrons. The molecule has 0 amide bonds. The SMILES string of the molecule is CCOC1=NNc2ccccc2C(C)=C1. The van der Waals surface area contributed by atoms with Crippen molar-refractivity contribution in [2.24, 2.45) is 5.10 Å². The summed E-state index contributed by atoms with van der Waals surface area (Å²) in [6, 6.07) is 8.08. The predicted molar refractivity (Wildman–Crippen MR) is 62.8 cm³/mol. The van der Waals surface area contributed by atoms with Crippen LogP contribution >= 0.6 is 0 Å². The smallest absolute Gasteiger partial charge is 0.231 e. The van der Waals surface area contributed by atoms with Gasteiger partial charge in [0.15, 0.2) is 0 Å². The van der Waals surface area contributed by atoms with Gasteiger partial charge in [0, 0.05) is 11.6 Å². The summed E-state index contributed by atoms with van der Waals surface area (Å²) < 4.78 is 5.38. The van der Waals surface area contributed by atoms with Crippen molar-refractivity contribution in [1.29, 1.82) is 0 Å². The van der Waals surface area contributed by atoms with Crippen molar-refractivity contribution in [2.45, 2.75) is 13.8 Å². The Bertz CT molecular complexity index is 421. The molecule has 0 aliphatic carbocycles. The monoisotopic (exact) mass is 202 g/mol. The quantitative estimate of drug-likeness (QED) is 0.759. The van der Waals surface area contributed by atoms with Crippen LogP contribution in [0.4, 0.5) is 5.69 Å². The Morgan fingerprint density at radius 3 is 2.93 bits per heavy atom. The van der Waals surface area contributed by atoms with E-state index in [9.17, 15) is 0 Å². The average molecular weight is 202 g/mol. The summed E-state index contributed by atoms with van der Waals surface area (Å²) in [5.41, 5.74) is 6.33. The molecule has 2 rings (SSSR count). The molecule has 0 unspecified atom stereocenters. The normalized spacial score (nSPS) is 14.3. The molecule has 1 aromatic rings. The van der Waals surface area contributed by atoms with E-state index in [1.807, 2.05) is 31.2 Å². The molecule has 0 aromatic heterocycles. The van der Waals surface area contributed by atoms with Crippen LogP contribution in [-0.4, -0.2) is 12.5 Å². The van der Waals surface area contributed by atoms with Crippen molar-refractivity contribution in [2.75, 3.05) is 12.0 Å². The molecule has 15 heavy (non-hydrogen) atoms. The topological polar surface area (TPSA) is 33.6 Å². The van der Waals surface area contributed by atoms with Gasteiger partial charge in [0.25, 0.3) is 0 Å². The zero-order valence-electron chi connectivity index (χ0n) is 8.95. The molecule has 1 N–H and O–H groups in total. The second-order valence-electron chi connectivity index (χ2n) is 3.37. The molecule has 1 aromatic carbocycles. The highest BCUT2D eigenvalue weighted by atomic mass is 16.5. The maximum Gasteiger partial charge on any atom is 0.231 e. The largest absolute Gasteiger partial charge is 0.477 e. The van der Waals surface area contributed by atoms with Gasteiger partial charge in [0.05, 0.1) is 12.3 Å². The Balaban J connectivity index is 2.38. The van der Waals surface area contributed by atoms with Gasteiger partial charge in [-0.2, -0.15) is 0 Å². The second kappa shape index (κ2) is 4.17. The molecule has 0 saturated heterocycles. The summed E-state index contributed by atoms with van der Waals surface area (Å²) in [4.78, 5) is 0. The van der Waals surface area contributed by atoms with Crippen LogP contribution in [-0.2, 0) is 4.74 Å². The Labute approximate surface area is 89.5 Å². The predicted octanol–water partition coefficient (Wildman–Crippen LogP) is 2.87. The van der Waals surface area contributed by atoms with Crippen LogP contribution < -0.4 is 5.43 Å². The molecule has 3 nitrogen and oxygen atoms in total. The van der Waals surface area contributed by atoms with Gasteiger partial charge in [0.2, 0.25) is 5.90 Å². The summed E-state index contributed by atoms with van der Waals surface area (Å²) >= 11 is 0. The van der Waals surface area contributed by atoms with E-state index in [4.69, 9.17) is 4.74 Å².